The molecule has 2 amide bonds. The smallest absolute Gasteiger partial charge is 0.407 e. The van der Waals surface area contributed by atoms with E-state index in [0.29, 0.717) is 11.4 Å². The summed E-state index contributed by atoms with van der Waals surface area (Å²) in [4.78, 5) is 28.4. The van der Waals surface area contributed by atoms with E-state index in [4.69, 9.17) is 4.74 Å². The zero-order valence-electron chi connectivity index (χ0n) is 23.3. The van der Waals surface area contributed by atoms with Gasteiger partial charge in [-0.25, -0.2) is 4.79 Å². The van der Waals surface area contributed by atoms with Crippen molar-refractivity contribution in [2.45, 2.75) is 52.3 Å². The molecule has 0 unspecified atom stereocenters. The first kappa shape index (κ1) is 27.6. The Labute approximate surface area is 238 Å². The van der Waals surface area contributed by atoms with Crippen LogP contribution in [-0.4, -0.2) is 51.8 Å². The molecule has 4 aromatic rings. The van der Waals surface area contributed by atoms with E-state index < -0.39 is 5.60 Å². The molecule has 0 bridgehead atoms. The highest BCUT2D eigenvalue weighted by atomic mass is 32.1. The molecule has 0 spiro atoms. The third kappa shape index (κ3) is 6.78. The van der Waals surface area contributed by atoms with Gasteiger partial charge in [-0.15, -0.1) is 11.3 Å². The van der Waals surface area contributed by atoms with Gasteiger partial charge in [-0.05, 0) is 80.5 Å². The van der Waals surface area contributed by atoms with Crippen LogP contribution in [-0.2, 0) is 11.3 Å². The number of aromatic amines is 1. The predicted molar refractivity (Wildman–Crippen MR) is 162 cm³/mol. The minimum absolute atomic E-state index is 0.0432. The van der Waals surface area contributed by atoms with Crippen LogP contribution in [0.2, 0.25) is 0 Å². The van der Waals surface area contributed by atoms with Crippen LogP contribution in [0.25, 0.3) is 23.1 Å². The Morgan fingerprint density at radius 3 is 2.77 bits per heavy atom. The van der Waals surface area contributed by atoms with E-state index in [2.05, 4.69) is 31.8 Å². The van der Waals surface area contributed by atoms with Crippen LogP contribution in [0.3, 0.4) is 0 Å². The van der Waals surface area contributed by atoms with Crippen LogP contribution in [0.15, 0.2) is 53.9 Å². The van der Waals surface area contributed by atoms with Crippen molar-refractivity contribution in [3.8, 4) is 0 Å². The molecular formula is C31H35N5O3S. The highest BCUT2D eigenvalue weighted by Gasteiger charge is 2.26. The van der Waals surface area contributed by atoms with Gasteiger partial charge in [0.1, 0.15) is 5.60 Å². The van der Waals surface area contributed by atoms with Crippen LogP contribution in [0.5, 0.6) is 0 Å². The van der Waals surface area contributed by atoms with E-state index in [9.17, 15) is 9.59 Å². The fraction of sp³-hybridized carbons (Fsp3) is 0.323. The quantitative estimate of drug-likeness (QED) is 0.242. The molecule has 0 saturated carbocycles. The Balaban J connectivity index is 1.33. The van der Waals surface area contributed by atoms with Gasteiger partial charge >= 0.3 is 6.09 Å². The molecule has 1 fully saturated rings. The Kier molecular flexibility index (Phi) is 8.04. The lowest BCUT2D eigenvalue weighted by atomic mass is 10.1. The number of fused-ring (bicyclic) bond motifs is 1. The van der Waals surface area contributed by atoms with Gasteiger partial charge in [-0.3, -0.25) is 14.8 Å². The second kappa shape index (κ2) is 11.7. The Bertz CT molecular complexity index is 1550. The summed E-state index contributed by atoms with van der Waals surface area (Å²) in [6.45, 7) is 9.84. The van der Waals surface area contributed by atoms with Crippen molar-refractivity contribution in [2.24, 2.45) is 0 Å². The molecule has 5 rings (SSSR count). The number of amides is 2. The number of aromatic nitrogens is 2. The number of carbonyl (C=O) groups is 2. The summed E-state index contributed by atoms with van der Waals surface area (Å²) >= 11 is 1.44. The molecule has 8 nitrogen and oxygen atoms in total. The number of hydrogen-bond donors (Lipinski definition) is 3. The first-order chi connectivity index (χ1) is 19.1. The topological polar surface area (TPSA) is 99.3 Å². The normalized spacial score (nSPS) is 16.1. The van der Waals surface area contributed by atoms with Gasteiger partial charge in [-0.1, -0.05) is 36.4 Å². The van der Waals surface area contributed by atoms with Gasteiger partial charge in [0.2, 0.25) is 0 Å². The largest absolute Gasteiger partial charge is 0.444 e. The summed E-state index contributed by atoms with van der Waals surface area (Å²) in [6, 6.07) is 16.1. The van der Waals surface area contributed by atoms with Crippen molar-refractivity contribution in [3.05, 3.63) is 81.2 Å². The summed E-state index contributed by atoms with van der Waals surface area (Å²) in [7, 11) is 0. The number of likely N-dealkylation sites (tertiary alicyclic amines) is 1. The molecule has 1 atom stereocenters. The lowest BCUT2D eigenvalue weighted by molar-refractivity contribution is 0.0505. The molecule has 3 heterocycles. The molecule has 1 saturated heterocycles. The number of ether oxygens (including phenoxy) is 1. The number of nitrogens with zero attached hydrogens (tertiary/aromatic N) is 2. The Morgan fingerprint density at radius 2 is 2.00 bits per heavy atom. The van der Waals surface area contributed by atoms with Gasteiger partial charge in [-0.2, -0.15) is 5.10 Å². The van der Waals surface area contributed by atoms with Crippen molar-refractivity contribution >= 4 is 52.1 Å². The summed E-state index contributed by atoms with van der Waals surface area (Å²) in [5, 5.41) is 16.6. The fourth-order valence-electron chi connectivity index (χ4n) is 4.85. The average Bonchev–Trinajstić information content (AvgIpc) is 3.62. The van der Waals surface area contributed by atoms with Crippen molar-refractivity contribution < 1.29 is 14.3 Å². The number of thiophene rings is 1. The lowest BCUT2D eigenvalue weighted by Gasteiger charge is -2.22. The third-order valence-corrected chi connectivity index (χ3v) is 7.77. The molecule has 0 radical (unpaired) electrons. The number of anilines is 1. The molecule has 2 aromatic carbocycles. The van der Waals surface area contributed by atoms with E-state index >= 15 is 0 Å². The number of H-pyrrole nitrogens is 1. The zero-order valence-corrected chi connectivity index (χ0v) is 24.1. The van der Waals surface area contributed by atoms with E-state index in [-0.39, 0.29) is 18.0 Å². The third-order valence-electron chi connectivity index (χ3n) is 6.75. The number of alkyl carbamates (subject to hydrolysis) is 1. The lowest BCUT2D eigenvalue weighted by Crippen LogP contribution is -2.40. The van der Waals surface area contributed by atoms with Gasteiger partial charge in [0.25, 0.3) is 5.91 Å². The molecule has 2 aromatic heterocycles. The molecule has 208 valence electrons. The molecular weight excluding hydrogens is 522 g/mol. The second-order valence-corrected chi connectivity index (χ2v) is 12.1. The summed E-state index contributed by atoms with van der Waals surface area (Å²) in [5.41, 5.74) is 4.97. The van der Waals surface area contributed by atoms with Crippen molar-refractivity contribution in [1.82, 2.24) is 20.4 Å². The first-order valence-corrected chi connectivity index (χ1v) is 14.3. The zero-order chi connectivity index (χ0) is 28.3. The first-order valence-electron chi connectivity index (χ1n) is 13.5. The number of benzene rings is 2. The fourth-order valence-corrected chi connectivity index (χ4v) is 5.67. The average molecular weight is 558 g/mol. The molecule has 0 aliphatic carbocycles. The monoisotopic (exact) mass is 557 g/mol. The van der Waals surface area contributed by atoms with Crippen LogP contribution < -0.4 is 10.6 Å². The standard InChI is InChI=1S/C31H35N5O3S/c1-20-14-16-40-28(20)29(37)33-27-17-21(18-36-15-13-23(19-36)32-30(38)39-31(2,3)4)9-10-22(27)11-12-26-24-7-5-6-8-25(24)34-35-26/h5-12,14,16-17,23H,13,15,18-19H2,1-4H3,(H,32,38)(H,33,37)(H,34,35)/b12-11+/t23-/m1/s1. The molecule has 9 heteroatoms. The van der Waals surface area contributed by atoms with Gasteiger partial charge in [0.15, 0.2) is 0 Å². The molecule has 1 aliphatic heterocycles. The van der Waals surface area contributed by atoms with E-state index in [1.54, 1.807) is 0 Å². The molecule has 40 heavy (non-hydrogen) atoms. The summed E-state index contributed by atoms with van der Waals surface area (Å²) in [5.74, 6) is -0.118. The number of carbonyl (C=O) groups excluding carboxylic acids is 2. The summed E-state index contributed by atoms with van der Waals surface area (Å²) in [6.07, 6.45) is 4.43. The minimum atomic E-state index is -0.523. The number of nitrogens with one attached hydrogen (secondary N) is 3. The Morgan fingerprint density at radius 1 is 1.18 bits per heavy atom. The molecule has 1 aliphatic rings. The number of aryl methyl sites for hydroxylation is 1. The maximum Gasteiger partial charge on any atom is 0.407 e. The van der Waals surface area contributed by atoms with Crippen LogP contribution in [0, 0.1) is 6.92 Å². The maximum atomic E-state index is 13.2. The van der Waals surface area contributed by atoms with E-state index in [0.717, 1.165) is 58.5 Å². The van der Waals surface area contributed by atoms with Gasteiger partial charge < -0.3 is 15.4 Å². The van der Waals surface area contributed by atoms with Crippen LogP contribution in [0.4, 0.5) is 10.5 Å². The number of hydrogen-bond acceptors (Lipinski definition) is 6. The highest BCUT2D eigenvalue weighted by molar-refractivity contribution is 7.12. The number of para-hydroxylation sites is 1. The van der Waals surface area contributed by atoms with Crippen molar-refractivity contribution in [2.75, 3.05) is 18.4 Å². The van der Waals surface area contributed by atoms with Crippen LogP contribution in [0.1, 0.15) is 59.2 Å². The number of rotatable bonds is 7. The highest BCUT2D eigenvalue weighted by Crippen LogP contribution is 2.26. The minimum Gasteiger partial charge on any atom is -0.444 e. The van der Waals surface area contributed by atoms with Crippen molar-refractivity contribution in [1.29, 1.82) is 0 Å². The van der Waals surface area contributed by atoms with Gasteiger partial charge in [0.05, 0.1) is 16.1 Å². The van der Waals surface area contributed by atoms with E-state index in [1.807, 2.05) is 87.7 Å². The van der Waals surface area contributed by atoms with E-state index in [1.165, 1.54) is 11.3 Å². The Hall–Kier alpha value is -3.95. The van der Waals surface area contributed by atoms with Gasteiger partial charge in [0, 0.05) is 36.7 Å². The second-order valence-electron chi connectivity index (χ2n) is 11.2. The summed E-state index contributed by atoms with van der Waals surface area (Å²) < 4.78 is 5.41. The van der Waals surface area contributed by atoms with Crippen molar-refractivity contribution in [3.63, 3.8) is 0 Å². The van der Waals surface area contributed by atoms with Crippen LogP contribution >= 0.6 is 11.3 Å². The SMILES string of the molecule is Cc1ccsc1C(=O)Nc1cc(CN2CC[C@@H](NC(=O)OC(C)(C)C)C2)ccc1/C=C/c1n[nH]c2ccccc12. The maximum absolute atomic E-state index is 13.2. The predicted octanol–water partition coefficient (Wildman–Crippen LogP) is 6.45. The molecule has 3 N–H and O–H groups in total.